The standard InChI is InChI=1S/C10H22O4Si/c1-8(2)13-15(6,14-9(3)4)7-12-10(5)11/h8-9H,7H2,1-6H3. The maximum atomic E-state index is 10.8. The molecule has 0 radical (unpaired) electrons. The third kappa shape index (κ3) is 7.53. The molecule has 0 unspecified atom stereocenters. The zero-order valence-corrected chi connectivity index (χ0v) is 11.5. The molecule has 90 valence electrons. The van der Waals surface area contributed by atoms with E-state index in [4.69, 9.17) is 13.6 Å². The Morgan fingerprint density at radius 2 is 1.53 bits per heavy atom. The highest BCUT2D eigenvalue weighted by Gasteiger charge is 2.35. The Balaban J connectivity index is 4.32. The second-order valence-electron chi connectivity index (χ2n) is 4.25. The predicted octanol–water partition coefficient (Wildman–Crippen LogP) is 2.01. The van der Waals surface area contributed by atoms with Gasteiger partial charge >= 0.3 is 14.5 Å². The lowest BCUT2D eigenvalue weighted by Crippen LogP contribution is -2.48. The normalized spacial score (nSPS) is 12.3. The molecular weight excluding hydrogens is 212 g/mol. The zero-order valence-electron chi connectivity index (χ0n) is 10.5. The molecule has 0 spiro atoms. The van der Waals surface area contributed by atoms with Gasteiger partial charge in [0, 0.05) is 19.1 Å². The average molecular weight is 234 g/mol. The Hall–Kier alpha value is -0.393. The molecule has 0 aliphatic carbocycles. The van der Waals surface area contributed by atoms with Gasteiger partial charge in [0.25, 0.3) is 0 Å². The summed E-state index contributed by atoms with van der Waals surface area (Å²) in [4.78, 5) is 10.8. The highest BCUT2D eigenvalue weighted by Crippen LogP contribution is 2.13. The SMILES string of the molecule is CC(=O)OC[Si](C)(OC(C)C)OC(C)C. The molecule has 15 heavy (non-hydrogen) atoms. The van der Waals surface area contributed by atoms with E-state index in [1.165, 1.54) is 6.92 Å². The van der Waals surface area contributed by atoms with Crippen molar-refractivity contribution >= 4 is 14.5 Å². The maximum absolute atomic E-state index is 10.8. The highest BCUT2D eigenvalue weighted by atomic mass is 28.4. The molecule has 0 amide bonds. The fourth-order valence-corrected chi connectivity index (χ4v) is 3.98. The van der Waals surface area contributed by atoms with E-state index in [9.17, 15) is 4.79 Å². The van der Waals surface area contributed by atoms with Gasteiger partial charge in [0.05, 0.1) is 0 Å². The minimum Gasteiger partial charge on any atom is -0.464 e. The first-order valence-corrected chi connectivity index (χ1v) is 7.76. The van der Waals surface area contributed by atoms with Crippen molar-refractivity contribution in [3.63, 3.8) is 0 Å². The van der Waals surface area contributed by atoms with Gasteiger partial charge in [-0.15, -0.1) is 0 Å². The molecule has 0 atom stereocenters. The van der Waals surface area contributed by atoms with Crippen LogP contribution in [0.15, 0.2) is 0 Å². The molecule has 0 saturated carbocycles. The lowest BCUT2D eigenvalue weighted by atomic mass is 10.5. The van der Waals surface area contributed by atoms with Crippen LogP contribution in [0.25, 0.3) is 0 Å². The van der Waals surface area contributed by atoms with Gasteiger partial charge in [0.15, 0.2) is 0 Å². The molecule has 0 N–H and O–H groups in total. The number of carbonyl (C=O) groups is 1. The van der Waals surface area contributed by atoms with Gasteiger partial charge in [-0.3, -0.25) is 4.79 Å². The van der Waals surface area contributed by atoms with E-state index in [-0.39, 0.29) is 24.4 Å². The van der Waals surface area contributed by atoms with Gasteiger partial charge in [-0.25, -0.2) is 0 Å². The van der Waals surface area contributed by atoms with Crippen LogP contribution in [0.1, 0.15) is 34.6 Å². The first-order valence-electron chi connectivity index (χ1n) is 5.24. The zero-order chi connectivity index (χ0) is 12.1. The summed E-state index contributed by atoms with van der Waals surface area (Å²) in [6.45, 7) is 11.1. The fraction of sp³-hybridized carbons (Fsp3) is 0.900. The van der Waals surface area contributed by atoms with Crippen molar-refractivity contribution in [3.8, 4) is 0 Å². The molecule has 0 saturated heterocycles. The Morgan fingerprint density at radius 1 is 1.13 bits per heavy atom. The molecule has 4 nitrogen and oxygen atoms in total. The van der Waals surface area contributed by atoms with Crippen LogP contribution < -0.4 is 0 Å². The van der Waals surface area contributed by atoms with Crippen molar-refractivity contribution < 1.29 is 18.4 Å². The molecule has 0 aromatic heterocycles. The van der Waals surface area contributed by atoms with Gasteiger partial charge in [-0.2, -0.15) is 0 Å². The highest BCUT2D eigenvalue weighted by molar-refractivity contribution is 6.66. The molecular formula is C10H22O4Si. The van der Waals surface area contributed by atoms with Crippen molar-refractivity contribution in [2.24, 2.45) is 0 Å². The van der Waals surface area contributed by atoms with Gasteiger partial charge < -0.3 is 13.6 Å². The lowest BCUT2D eigenvalue weighted by Gasteiger charge is -2.30. The topological polar surface area (TPSA) is 44.8 Å². The monoisotopic (exact) mass is 234 g/mol. The fourth-order valence-electron chi connectivity index (χ4n) is 1.33. The first-order chi connectivity index (χ1) is 6.75. The van der Waals surface area contributed by atoms with Gasteiger partial charge in [0.2, 0.25) is 0 Å². The van der Waals surface area contributed by atoms with E-state index in [1.807, 2.05) is 34.2 Å². The van der Waals surface area contributed by atoms with Crippen molar-refractivity contribution in [2.45, 2.75) is 53.4 Å². The van der Waals surface area contributed by atoms with Crippen LogP contribution in [-0.2, 0) is 18.4 Å². The second kappa shape index (κ2) is 6.25. The van der Waals surface area contributed by atoms with Crippen LogP contribution in [0, 0.1) is 0 Å². The summed E-state index contributed by atoms with van der Waals surface area (Å²) in [5.41, 5.74) is 0. The van der Waals surface area contributed by atoms with E-state index in [2.05, 4.69) is 0 Å². The summed E-state index contributed by atoms with van der Waals surface area (Å²) in [5, 5.41) is 0. The van der Waals surface area contributed by atoms with E-state index in [0.717, 1.165) is 0 Å². The smallest absolute Gasteiger partial charge is 0.374 e. The number of carbonyl (C=O) groups excluding carboxylic acids is 1. The molecule has 5 heteroatoms. The number of hydrogen-bond donors (Lipinski definition) is 0. The third-order valence-corrected chi connectivity index (χ3v) is 4.12. The molecule has 0 rings (SSSR count). The van der Waals surface area contributed by atoms with E-state index < -0.39 is 8.56 Å². The maximum Gasteiger partial charge on any atom is 0.374 e. The molecule has 0 aliphatic rings. The Bertz CT molecular complexity index is 194. The molecule has 0 aromatic carbocycles. The summed E-state index contributed by atoms with van der Waals surface area (Å²) in [6.07, 6.45) is 0.408. The van der Waals surface area contributed by atoms with Crippen molar-refractivity contribution in [1.29, 1.82) is 0 Å². The van der Waals surface area contributed by atoms with Crippen LogP contribution in [0.2, 0.25) is 6.55 Å². The van der Waals surface area contributed by atoms with Crippen LogP contribution in [0.5, 0.6) is 0 Å². The molecule has 0 aliphatic heterocycles. The second-order valence-corrected chi connectivity index (χ2v) is 7.27. The van der Waals surface area contributed by atoms with E-state index in [0.29, 0.717) is 0 Å². The summed E-state index contributed by atoms with van der Waals surface area (Å²) in [7, 11) is -2.38. The largest absolute Gasteiger partial charge is 0.464 e. The minimum atomic E-state index is -2.38. The number of hydrogen-bond acceptors (Lipinski definition) is 4. The summed E-state index contributed by atoms with van der Waals surface area (Å²) >= 11 is 0. The summed E-state index contributed by atoms with van der Waals surface area (Å²) in [5.74, 6) is -0.298. The number of ether oxygens (including phenoxy) is 1. The molecule has 0 fully saturated rings. The van der Waals surface area contributed by atoms with Gasteiger partial charge in [-0.1, -0.05) is 0 Å². The van der Waals surface area contributed by atoms with Crippen LogP contribution in [-0.4, -0.2) is 33.0 Å². The summed E-state index contributed by atoms with van der Waals surface area (Å²) in [6, 6.07) is 0. The van der Waals surface area contributed by atoms with Crippen molar-refractivity contribution in [2.75, 3.05) is 6.23 Å². The Labute approximate surface area is 93.2 Å². The Kier molecular flexibility index (Phi) is 6.08. The van der Waals surface area contributed by atoms with E-state index >= 15 is 0 Å². The predicted molar refractivity (Wildman–Crippen MR) is 60.7 cm³/mol. The molecule has 0 heterocycles. The molecule has 0 bridgehead atoms. The molecule has 0 aromatic rings. The summed E-state index contributed by atoms with van der Waals surface area (Å²) < 4.78 is 16.5. The Morgan fingerprint density at radius 3 is 1.80 bits per heavy atom. The lowest BCUT2D eigenvalue weighted by molar-refractivity contribution is -0.140. The van der Waals surface area contributed by atoms with Crippen LogP contribution in [0.3, 0.4) is 0 Å². The van der Waals surface area contributed by atoms with Gasteiger partial charge in [-0.05, 0) is 34.2 Å². The van der Waals surface area contributed by atoms with Gasteiger partial charge in [0.1, 0.15) is 6.23 Å². The first kappa shape index (κ1) is 14.6. The van der Waals surface area contributed by atoms with Crippen LogP contribution in [0.4, 0.5) is 0 Å². The quantitative estimate of drug-likeness (QED) is 0.521. The van der Waals surface area contributed by atoms with Crippen LogP contribution >= 0.6 is 0 Å². The van der Waals surface area contributed by atoms with Crippen molar-refractivity contribution in [3.05, 3.63) is 0 Å². The third-order valence-electron chi connectivity index (χ3n) is 1.51. The number of rotatable bonds is 6. The van der Waals surface area contributed by atoms with E-state index in [1.54, 1.807) is 0 Å². The van der Waals surface area contributed by atoms with Crippen molar-refractivity contribution in [1.82, 2.24) is 0 Å². The number of esters is 1. The minimum absolute atomic E-state index is 0.0796. The average Bonchev–Trinajstić information content (AvgIpc) is 1.97.